The van der Waals surface area contributed by atoms with Crippen LogP contribution in [0.4, 0.5) is 0 Å². The van der Waals surface area contributed by atoms with Crippen LogP contribution in [0.3, 0.4) is 0 Å². The largest absolute Gasteiger partial charge is 0.258 e. The van der Waals surface area contributed by atoms with Crippen molar-refractivity contribution >= 4 is 17.1 Å². The summed E-state index contributed by atoms with van der Waals surface area (Å²) in [5.74, 6) is 5.43. The van der Waals surface area contributed by atoms with Gasteiger partial charge in [0.2, 0.25) is 0 Å². The van der Waals surface area contributed by atoms with Gasteiger partial charge in [-0.15, -0.1) is 0 Å². The van der Waals surface area contributed by atoms with E-state index in [1.807, 2.05) is 11.1 Å². The molecule has 0 N–H and O–H groups in total. The molecule has 11 rings (SSSR count). The Balaban J connectivity index is 1.05. The molecule has 10 aliphatic rings. The van der Waals surface area contributed by atoms with Crippen molar-refractivity contribution in [1.29, 1.82) is 0 Å². The summed E-state index contributed by atoms with van der Waals surface area (Å²) >= 11 is 0. The van der Waals surface area contributed by atoms with E-state index < -0.39 is 0 Å². The quantitative estimate of drug-likeness (QED) is 0.257. The molecule has 306 valence electrons. The first-order valence-corrected chi connectivity index (χ1v) is 24.1. The van der Waals surface area contributed by atoms with Crippen molar-refractivity contribution in [2.24, 2.45) is 63.2 Å². The van der Waals surface area contributed by atoms with E-state index in [0.29, 0.717) is 41.4 Å². The minimum atomic E-state index is 0.0794. The first-order valence-electron chi connectivity index (χ1n) is 24.1. The number of amidine groups is 1. The van der Waals surface area contributed by atoms with Crippen LogP contribution in [0.1, 0.15) is 109 Å². The third kappa shape index (κ3) is 6.76. The van der Waals surface area contributed by atoms with Crippen molar-refractivity contribution < 1.29 is 0 Å². The molecule has 9 aliphatic carbocycles. The lowest BCUT2D eigenvalue weighted by Gasteiger charge is -2.41. The molecule has 0 saturated carbocycles. The van der Waals surface area contributed by atoms with E-state index in [0.717, 1.165) is 63.1 Å². The zero-order valence-corrected chi connectivity index (χ0v) is 36.3. The fraction of sp³-hybridized carbons (Fsp3) is 0.448. The number of benzene rings is 1. The third-order valence-corrected chi connectivity index (χ3v) is 16.4. The SMILES string of the molecule is CC1C=CC(C2CC=CC=C2C2CC(C3C=C(C4Cc5ccccc5C5=C4CCC=C5)C=C(C4C5=C(CCCC5)C5C(C)CC=CC45)C3C)=NC(C3=CCCC=C3)=N2)=CC1. The summed E-state index contributed by atoms with van der Waals surface area (Å²) in [5, 5.41) is 0. The van der Waals surface area contributed by atoms with E-state index in [2.05, 4.69) is 136 Å². The van der Waals surface area contributed by atoms with Gasteiger partial charge in [-0.2, -0.15) is 0 Å². The van der Waals surface area contributed by atoms with Crippen molar-refractivity contribution in [3.8, 4) is 0 Å². The molecule has 60 heavy (non-hydrogen) atoms. The molecule has 10 unspecified atom stereocenters. The topological polar surface area (TPSA) is 24.7 Å². The lowest BCUT2D eigenvalue weighted by Crippen LogP contribution is -2.36. The number of fused-ring (bicyclic) bond motifs is 4. The number of hydrogen-bond donors (Lipinski definition) is 0. The summed E-state index contributed by atoms with van der Waals surface area (Å²) in [6.45, 7) is 7.47. The fourth-order valence-electron chi connectivity index (χ4n) is 13.4. The van der Waals surface area contributed by atoms with E-state index in [4.69, 9.17) is 9.98 Å². The predicted molar refractivity (Wildman–Crippen MR) is 253 cm³/mol. The molecule has 0 fully saturated rings. The van der Waals surface area contributed by atoms with E-state index in [-0.39, 0.29) is 12.0 Å². The molecule has 2 nitrogen and oxygen atoms in total. The van der Waals surface area contributed by atoms with Crippen LogP contribution in [-0.2, 0) is 6.42 Å². The van der Waals surface area contributed by atoms with Gasteiger partial charge < -0.3 is 0 Å². The lowest BCUT2D eigenvalue weighted by atomic mass is 9.63. The highest BCUT2D eigenvalue weighted by molar-refractivity contribution is 6.11. The van der Waals surface area contributed by atoms with Gasteiger partial charge in [-0.1, -0.05) is 158 Å². The summed E-state index contributed by atoms with van der Waals surface area (Å²) in [5.41, 5.74) is 18.6. The summed E-state index contributed by atoms with van der Waals surface area (Å²) in [7, 11) is 0. The molecule has 0 aromatic heterocycles. The van der Waals surface area contributed by atoms with Crippen LogP contribution in [0.15, 0.2) is 170 Å². The van der Waals surface area contributed by atoms with Crippen molar-refractivity contribution in [1.82, 2.24) is 0 Å². The lowest BCUT2D eigenvalue weighted by molar-refractivity contribution is 0.288. The van der Waals surface area contributed by atoms with E-state index in [1.54, 1.807) is 16.7 Å². The predicted octanol–water partition coefficient (Wildman–Crippen LogP) is 14.3. The zero-order valence-electron chi connectivity index (χ0n) is 36.3. The smallest absolute Gasteiger partial charge is 0.154 e. The normalized spacial score (nSPS) is 35.6. The van der Waals surface area contributed by atoms with Gasteiger partial charge in [0.1, 0.15) is 0 Å². The Labute approximate surface area is 360 Å². The molecule has 0 bridgehead atoms. The Kier molecular flexibility index (Phi) is 10.3. The molecular formula is C58H64N2. The van der Waals surface area contributed by atoms with Crippen LogP contribution in [0.2, 0.25) is 0 Å². The highest BCUT2D eigenvalue weighted by Gasteiger charge is 2.49. The van der Waals surface area contributed by atoms with Gasteiger partial charge in [0, 0.05) is 41.4 Å². The molecule has 1 aromatic rings. The van der Waals surface area contributed by atoms with E-state index in [1.165, 1.54) is 71.2 Å². The van der Waals surface area contributed by atoms with Gasteiger partial charge in [-0.25, -0.2) is 4.99 Å². The van der Waals surface area contributed by atoms with Crippen LogP contribution in [0.25, 0.3) is 5.57 Å². The molecule has 1 aromatic carbocycles. The molecule has 0 amide bonds. The maximum Gasteiger partial charge on any atom is 0.154 e. The van der Waals surface area contributed by atoms with Crippen molar-refractivity contribution in [2.45, 2.75) is 110 Å². The second kappa shape index (κ2) is 16.0. The van der Waals surface area contributed by atoms with Gasteiger partial charge in [0.15, 0.2) is 5.84 Å². The van der Waals surface area contributed by atoms with Crippen LogP contribution in [-0.4, -0.2) is 17.6 Å². The van der Waals surface area contributed by atoms with Crippen LogP contribution < -0.4 is 0 Å². The van der Waals surface area contributed by atoms with Crippen LogP contribution in [0.5, 0.6) is 0 Å². The molecule has 10 atom stereocenters. The summed E-state index contributed by atoms with van der Waals surface area (Å²) in [6.07, 6.45) is 52.3. The fourth-order valence-corrected chi connectivity index (χ4v) is 13.4. The molecule has 2 heteroatoms. The number of allylic oxidation sites excluding steroid dienone is 21. The van der Waals surface area contributed by atoms with E-state index in [9.17, 15) is 0 Å². The first-order chi connectivity index (χ1) is 29.5. The molecule has 0 radical (unpaired) electrons. The van der Waals surface area contributed by atoms with Crippen molar-refractivity contribution in [3.63, 3.8) is 0 Å². The third-order valence-electron chi connectivity index (χ3n) is 16.4. The zero-order chi connectivity index (χ0) is 40.3. The minimum Gasteiger partial charge on any atom is -0.258 e. The maximum atomic E-state index is 5.76. The average Bonchev–Trinajstić information content (AvgIpc) is 3.64. The Morgan fingerprint density at radius 1 is 0.700 bits per heavy atom. The highest BCUT2D eigenvalue weighted by atomic mass is 15.0. The van der Waals surface area contributed by atoms with Gasteiger partial charge in [0.05, 0.1) is 6.04 Å². The number of rotatable bonds is 6. The first kappa shape index (κ1) is 38.4. The molecule has 0 spiro atoms. The Morgan fingerprint density at radius 3 is 2.45 bits per heavy atom. The average molecular weight is 789 g/mol. The van der Waals surface area contributed by atoms with Gasteiger partial charge >= 0.3 is 0 Å². The Hall–Kier alpha value is -4.56. The molecule has 1 aliphatic heterocycles. The van der Waals surface area contributed by atoms with Crippen LogP contribution in [0, 0.1) is 53.3 Å². The summed E-state index contributed by atoms with van der Waals surface area (Å²) in [4.78, 5) is 11.4. The maximum absolute atomic E-state index is 5.76. The number of hydrogen-bond acceptors (Lipinski definition) is 2. The van der Waals surface area contributed by atoms with Gasteiger partial charge in [0.25, 0.3) is 0 Å². The number of aliphatic imine (C=N–C) groups is 2. The van der Waals surface area contributed by atoms with Crippen molar-refractivity contribution in [3.05, 3.63) is 171 Å². The van der Waals surface area contributed by atoms with Gasteiger partial charge in [-0.05, 0) is 140 Å². The molecule has 0 saturated heterocycles. The monoisotopic (exact) mass is 789 g/mol. The standard InChI is InChI=1S/C58H64N2/c1-36-28-30-39(31-29-36)43-20-9-12-24-47(43)54-35-55(60-58(59-54)40-17-5-4-6-18-40)51-33-42(53-32-41-19-7-8-21-44(41)45-22-10-11-23-46(45)53)34-52(38(51)3)57-49-26-14-13-25-48(49)56-37(2)16-15-27-50(56)57/h5,7-10,12,15,17-19,21-22,24,27-28,30-31,33-34,36-38,43,50-51,53-54,56-57H,4,6,11,13-14,16,20,23,25-26,29,32,35H2,1-3H3. The van der Waals surface area contributed by atoms with E-state index >= 15 is 0 Å². The second-order valence-electron chi connectivity index (χ2n) is 20.0. The molecular weight excluding hydrogens is 725 g/mol. The van der Waals surface area contributed by atoms with Gasteiger partial charge in [-0.3, -0.25) is 4.99 Å². The summed E-state index contributed by atoms with van der Waals surface area (Å²) in [6, 6.07) is 9.36. The van der Waals surface area contributed by atoms with Crippen molar-refractivity contribution in [2.75, 3.05) is 0 Å². The van der Waals surface area contributed by atoms with Crippen LogP contribution >= 0.6 is 0 Å². The summed E-state index contributed by atoms with van der Waals surface area (Å²) < 4.78 is 0. The molecule has 1 heterocycles. The highest BCUT2D eigenvalue weighted by Crippen LogP contribution is 2.59. The second-order valence-corrected chi connectivity index (χ2v) is 20.0. The Morgan fingerprint density at radius 2 is 1.58 bits per heavy atom. The number of nitrogens with zero attached hydrogens (tertiary/aromatic N) is 2. The Bertz CT molecular complexity index is 2400. The minimum absolute atomic E-state index is 0.0794.